The van der Waals surface area contributed by atoms with Crippen molar-refractivity contribution in [3.63, 3.8) is 0 Å². The summed E-state index contributed by atoms with van der Waals surface area (Å²) >= 11 is 0. The van der Waals surface area contributed by atoms with Gasteiger partial charge in [-0.15, -0.1) is 0 Å². The van der Waals surface area contributed by atoms with Crippen molar-refractivity contribution in [2.75, 3.05) is 44.6 Å². The predicted molar refractivity (Wildman–Crippen MR) is 98.1 cm³/mol. The van der Waals surface area contributed by atoms with Crippen LogP contribution in [0.15, 0.2) is 29.2 Å². The van der Waals surface area contributed by atoms with Crippen LogP contribution in [0.25, 0.3) is 0 Å². The average molecular weight is 383 g/mol. The summed E-state index contributed by atoms with van der Waals surface area (Å²) in [5, 5.41) is 10.6. The number of primary sulfonamides is 1. The van der Waals surface area contributed by atoms with Crippen molar-refractivity contribution in [3.05, 3.63) is 24.3 Å². The standard InChI is InChI=1S/C16H25N5O4S/c1-2-7-18-15(22)12-20-8-10-21(11-9-20)16(23)19-13-3-5-14(6-4-13)26(17,24)25/h3-6H,2,7-12H2,1H3,(H,18,22)(H,19,23)(H2,17,24,25). The lowest BCUT2D eigenvalue weighted by Gasteiger charge is -2.34. The number of nitrogens with zero attached hydrogens (tertiary/aromatic N) is 2. The summed E-state index contributed by atoms with van der Waals surface area (Å²) in [4.78, 5) is 27.7. The van der Waals surface area contributed by atoms with Gasteiger partial charge in [-0.2, -0.15) is 0 Å². The van der Waals surface area contributed by atoms with Crippen LogP contribution in [0.1, 0.15) is 13.3 Å². The van der Waals surface area contributed by atoms with Crippen molar-refractivity contribution in [2.45, 2.75) is 18.2 Å². The van der Waals surface area contributed by atoms with E-state index in [9.17, 15) is 18.0 Å². The maximum Gasteiger partial charge on any atom is 0.321 e. The Balaban J connectivity index is 1.80. The quantitative estimate of drug-likeness (QED) is 0.638. The lowest BCUT2D eigenvalue weighted by molar-refractivity contribution is -0.122. The molecular formula is C16H25N5O4S. The number of amides is 3. The minimum Gasteiger partial charge on any atom is -0.355 e. The Bertz CT molecular complexity index is 728. The summed E-state index contributed by atoms with van der Waals surface area (Å²) in [5.74, 6) is -0.000280. The third-order valence-corrected chi connectivity index (χ3v) is 4.96. The van der Waals surface area contributed by atoms with Crippen molar-refractivity contribution in [3.8, 4) is 0 Å². The number of piperazine rings is 1. The summed E-state index contributed by atoms with van der Waals surface area (Å²) < 4.78 is 22.5. The second-order valence-electron chi connectivity index (χ2n) is 6.11. The zero-order valence-electron chi connectivity index (χ0n) is 14.8. The van der Waals surface area contributed by atoms with Gasteiger partial charge in [0, 0.05) is 38.4 Å². The molecule has 26 heavy (non-hydrogen) atoms. The van der Waals surface area contributed by atoms with Gasteiger partial charge in [-0.1, -0.05) is 6.92 Å². The third kappa shape index (κ3) is 5.97. The molecule has 0 atom stereocenters. The fraction of sp³-hybridized carbons (Fsp3) is 0.500. The molecule has 1 heterocycles. The lowest BCUT2D eigenvalue weighted by atomic mass is 10.3. The molecule has 10 heteroatoms. The van der Waals surface area contributed by atoms with E-state index in [4.69, 9.17) is 5.14 Å². The second-order valence-corrected chi connectivity index (χ2v) is 7.67. The van der Waals surface area contributed by atoms with Crippen LogP contribution in [0.5, 0.6) is 0 Å². The molecule has 1 aromatic rings. The molecule has 9 nitrogen and oxygen atoms in total. The Kier molecular flexibility index (Phi) is 6.95. The highest BCUT2D eigenvalue weighted by molar-refractivity contribution is 7.89. The summed E-state index contributed by atoms with van der Waals surface area (Å²) in [7, 11) is -3.75. The van der Waals surface area contributed by atoms with Crippen LogP contribution in [0, 0.1) is 0 Å². The first kappa shape index (κ1) is 20.1. The van der Waals surface area contributed by atoms with Crippen molar-refractivity contribution >= 4 is 27.6 Å². The monoisotopic (exact) mass is 383 g/mol. The molecule has 0 spiro atoms. The molecule has 0 saturated carbocycles. The fourth-order valence-electron chi connectivity index (χ4n) is 2.56. The van der Waals surface area contributed by atoms with Gasteiger partial charge in [0.25, 0.3) is 0 Å². The van der Waals surface area contributed by atoms with Gasteiger partial charge in [0.05, 0.1) is 11.4 Å². The van der Waals surface area contributed by atoms with E-state index in [1.54, 1.807) is 4.90 Å². The van der Waals surface area contributed by atoms with E-state index in [0.717, 1.165) is 6.42 Å². The molecule has 1 aromatic carbocycles. The van der Waals surface area contributed by atoms with Crippen LogP contribution in [0.2, 0.25) is 0 Å². The summed E-state index contributed by atoms with van der Waals surface area (Å²) in [6.45, 7) is 5.29. The molecule has 1 fully saturated rings. The van der Waals surface area contributed by atoms with Gasteiger partial charge in [0.15, 0.2) is 0 Å². The third-order valence-electron chi connectivity index (χ3n) is 4.03. The highest BCUT2D eigenvalue weighted by atomic mass is 32.2. The van der Waals surface area contributed by atoms with Gasteiger partial charge in [0.2, 0.25) is 15.9 Å². The molecule has 0 unspecified atom stereocenters. The van der Waals surface area contributed by atoms with E-state index in [1.807, 2.05) is 11.8 Å². The van der Waals surface area contributed by atoms with Crippen LogP contribution in [0.3, 0.4) is 0 Å². The molecule has 144 valence electrons. The number of carbonyl (C=O) groups excluding carboxylic acids is 2. The maximum absolute atomic E-state index is 12.3. The molecule has 0 aliphatic carbocycles. The zero-order chi connectivity index (χ0) is 19.2. The van der Waals surface area contributed by atoms with Crippen LogP contribution >= 0.6 is 0 Å². The van der Waals surface area contributed by atoms with E-state index < -0.39 is 10.0 Å². The predicted octanol–water partition coefficient (Wildman–Crippen LogP) is 0.00970. The summed E-state index contributed by atoms with van der Waals surface area (Å²) in [5.41, 5.74) is 0.490. The minimum atomic E-state index is -3.75. The topological polar surface area (TPSA) is 125 Å². The number of nitrogens with two attached hydrogens (primary N) is 1. The molecule has 1 aliphatic rings. The number of carbonyl (C=O) groups is 2. The highest BCUT2D eigenvalue weighted by Gasteiger charge is 2.22. The van der Waals surface area contributed by atoms with E-state index in [2.05, 4.69) is 10.6 Å². The van der Waals surface area contributed by atoms with Crippen LogP contribution in [-0.2, 0) is 14.8 Å². The summed E-state index contributed by atoms with van der Waals surface area (Å²) in [6.07, 6.45) is 0.901. The Morgan fingerprint density at radius 1 is 1.12 bits per heavy atom. The molecule has 0 aromatic heterocycles. The minimum absolute atomic E-state index is 0.000280. The van der Waals surface area contributed by atoms with Crippen LogP contribution < -0.4 is 15.8 Å². The smallest absolute Gasteiger partial charge is 0.321 e. The normalized spacial score (nSPS) is 15.5. The molecule has 1 aliphatic heterocycles. The number of benzene rings is 1. The number of nitrogens with one attached hydrogen (secondary N) is 2. The number of anilines is 1. The SMILES string of the molecule is CCCNC(=O)CN1CCN(C(=O)Nc2ccc(S(N)(=O)=O)cc2)CC1. The molecule has 4 N–H and O–H groups in total. The molecule has 3 amide bonds. The Hall–Kier alpha value is -2.17. The Morgan fingerprint density at radius 2 is 1.73 bits per heavy atom. The highest BCUT2D eigenvalue weighted by Crippen LogP contribution is 2.14. The lowest BCUT2D eigenvalue weighted by Crippen LogP contribution is -2.52. The molecule has 0 bridgehead atoms. The van der Waals surface area contributed by atoms with Gasteiger partial charge in [-0.3, -0.25) is 9.69 Å². The van der Waals surface area contributed by atoms with E-state index in [1.165, 1.54) is 24.3 Å². The molecule has 2 rings (SSSR count). The molecular weight excluding hydrogens is 358 g/mol. The number of urea groups is 1. The van der Waals surface area contributed by atoms with E-state index in [0.29, 0.717) is 45.0 Å². The number of hydrogen-bond donors (Lipinski definition) is 3. The van der Waals surface area contributed by atoms with E-state index >= 15 is 0 Å². The first-order chi connectivity index (χ1) is 12.3. The number of hydrogen-bond acceptors (Lipinski definition) is 5. The Labute approximate surface area is 153 Å². The maximum atomic E-state index is 12.3. The molecule has 0 radical (unpaired) electrons. The van der Waals surface area contributed by atoms with Gasteiger partial charge in [-0.25, -0.2) is 18.4 Å². The number of sulfonamides is 1. The molecule has 1 saturated heterocycles. The first-order valence-corrected chi connectivity index (χ1v) is 10.0. The fourth-order valence-corrected chi connectivity index (χ4v) is 3.08. The van der Waals surface area contributed by atoms with Gasteiger partial charge >= 0.3 is 6.03 Å². The Morgan fingerprint density at radius 3 is 2.27 bits per heavy atom. The second kappa shape index (κ2) is 8.97. The van der Waals surface area contributed by atoms with Gasteiger partial charge in [-0.05, 0) is 30.7 Å². The van der Waals surface area contributed by atoms with Crippen LogP contribution in [-0.4, -0.2) is 69.4 Å². The van der Waals surface area contributed by atoms with Crippen molar-refractivity contribution in [1.29, 1.82) is 0 Å². The summed E-state index contributed by atoms with van der Waals surface area (Å²) in [6, 6.07) is 5.41. The van der Waals surface area contributed by atoms with Crippen molar-refractivity contribution in [2.24, 2.45) is 5.14 Å². The van der Waals surface area contributed by atoms with Crippen molar-refractivity contribution in [1.82, 2.24) is 15.1 Å². The van der Waals surface area contributed by atoms with Crippen LogP contribution in [0.4, 0.5) is 10.5 Å². The first-order valence-electron chi connectivity index (χ1n) is 8.47. The van der Waals surface area contributed by atoms with Crippen molar-refractivity contribution < 1.29 is 18.0 Å². The van der Waals surface area contributed by atoms with Gasteiger partial charge in [0.1, 0.15) is 0 Å². The van der Waals surface area contributed by atoms with E-state index in [-0.39, 0.29) is 16.8 Å². The zero-order valence-corrected chi connectivity index (χ0v) is 15.6. The van der Waals surface area contributed by atoms with Gasteiger partial charge < -0.3 is 15.5 Å². The largest absolute Gasteiger partial charge is 0.355 e. The number of rotatable bonds is 6. The average Bonchev–Trinajstić information content (AvgIpc) is 2.60.